The summed E-state index contributed by atoms with van der Waals surface area (Å²) in [6.07, 6.45) is 6.28. The Bertz CT molecular complexity index is 730. The van der Waals surface area contributed by atoms with Gasteiger partial charge in [-0.25, -0.2) is 4.99 Å². The highest BCUT2D eigenvalue weighted by Gasteiger charge is 2.30. The van der Waals surface area contributed by atoms with E-state index in [9.17, 15) is 0 Å². The second kappa shape index (κ2) is 11.0. The van der Waals surface area contributed by atoms with E-state index in [2.05, 4.69) is 34.2 Å². The molecule has 1 N–H and O–H groups in total. The number of ether oxygens (including phenoxy) is 3. The number of aliphatic imine (C=N–C) groups is 1. The quantitative estimate of drug-likeness (QED) is 0.530. The number of guanidine groups is 1. The Hall–Kier alpha value is -1.99. The molecular weight excluding hydrogens is 392 g/mol. The summed E-state index contributed by atoms with van der Waals surface area (Å²) in [6.45, 7) is 9.51. The minimum Gasteiger partial charge on any atom is -0.493 e. The van der Waals surface area contributed by atoms with Gasteiger partial charge in [-0.2, -0.15) is 0 Å². The summed E-state index contributed by atoms with van der Waals surface area (Å²) in [6, 6.07) is 6.80. The molecule has 7 nitrogen and oxygen atoms in total. The maximum atomic E-state index is 6.26. The van der Waals surface area contributed by atoms with Crippen molar-refractivity contribution < 1.29 is 14.2 Å². The molecule has 31 heavy (non-hydrogen) atoms. The first-order chi connectivity index (χ1) is 15.3. The second-order valence-corrected chi connectivity index (χ2v) is 8.72. The average molecular weight is 431 g/mol. The normalized spacial score (nSPS) is 23.4. The number of methoxy groups -OCH3 is 1. The van der Waals surface area contributed by atoms with Crippen molar-refractivity contribution >= 4 is 5.96 Å². The molecule has 172 valence electrons. The van der Waals surface area contributed by atoms with E-state index < -0.39 is 0 Å². The lowest BCUT2D eigenvalue weighted by molar-refractivity contribution is 0.0195. The van der Waals surface area contributed by atoms with E-state index in [0.29, 0.717) is 18.7 Å². The monoisotopic (exact) mass is 430 g/mol. The molecule has 1 aromatic rings. The van der Waals surface area contributed by atoms with Gasteiger partial charge in [0, 0.05) is 38.8 Å². The van der Waals surface area contributed by atoms with Gasteiger partial charge in [0.1, 0.15) is 0 Å². The molecule has 0 spiro atoms. The van der Waals surface area contributed by atoms with Crippen molar-refractivity contribution in [3.8, 4) is 11.5 Å². The number of morpholine rings is 1. The highest BCUT2D eigenvalue weighted by atomic mass is 16.5. The highest BCUT2D eigenvalue weighted by Crippen LogP contribution is 2.32. The molecule has 0 amide bonds. The summed E-state index contributed by atoms with van der Waals surface area (Å²) in [5, 5.41) is 3.49. The molecule has 3 fully saturated rings. The minimum absolute atomic E-state index is 0.312. The molecule has 1 atom stereocenters. The Kier molecular flexibility index (Phi) is 7.92. The van der Waals surface area contributed by atoms with E-state index in [1.807, 2.05) is 6.07 Å². The summed E-state index contributed by atoms with van der Waals surface area (Å²) < 4.78 is 17.3. The van der Waals surface area contributed by atoms with Crippen molar-refractivity contribution in [1.29, 1.82) is 0 Å². The van der Waals surface area contributed by atoms with Crippen LogP contribution in [0.1, 0.15) is 44.6 Å². The van der Waals surface area contributed by atoms with Gasteiger partial charge in [-0.1, -0.05) is 6.07 Å². The molecule has 2 heterocycles. The van der Waals surface area contributed by atoms with E-state index in [-0.39, 0.29) is 0 Å². The summed E-state index contributed by atoms with van der Waals surface area (Å²) in [5.41, 5.74) is 1.15. The molecule has 1 aromatic carbocycles. The number of nitrogens with one attached hydrogen (secondary N) is 1. The van der Waals surface area contributed by atoms with Gasteiger partial charge in [0.05, 0.1) is 33.0 Å². The lowest BCUT2D eigenvalue weighted by Gasteiger charge is -2.32. The molecule has 2 saturated heterocycles. The average Bonchev–Trinajstić information content (AvgIpc) is 3.50. The largest absolute Gasteiger partial charge is 0.493 e. The predicted octanol–water partition coefficient (Wildman–Crippen LogP) is 2.89. The standard InChI is InChI=1S/C24H38N4O3/c1-3-25-24(28-11-10-20(18-28)27-12-14-30-15-13-27)26-17-19-8-9-22(29-2)23(16-19)31-21-6-4-5-7-21/h8-9,16,20-21H,3-7,10-15,17-18H2,1-2H3,(H,25,26). The van der Waals surface area contributed by atoms with E-state index in [1.165, 1.54) is 19.3 Å². The predicted molar refractivity (Wildman–Crippen MR) is 123 cm³/mol. The molecule has 1 unspecified atom stereocenters. The van der Waals surface area contributed by atoms with Crippen molar-refractivity contribution in [2.45, 2.75) is 57.7 Å². The van der Waals surface area contributed by atoms with Crippen LogP contribution in [0.5, 0.6) is 11.5 Å². The Morgan fingerprint density at radius 1 is 1.13 bits per heavy atom. The van der Waals surface area contributed by atoms with Crippen molar-refractivity contribution in [3.05, 3.63) is 23.8 Å². The Morgan fingerprint density at radius 2 is 1.94 bits per heavy atom. The first-order valence-electron chi connectivity index (χ1n) is 12.0. The summed E-state index contributed by atoms with van der Waals surface area (Å²) in [5.74, 6) is 2.66. The Morgan fingerprint density at radius 3 is 2.68 bits per heavy atom. The topological polar surface area (TPSA) is 58.6 Å². The van der Waals surface area contributed by atoms with Crippen LogP contribution in [0, 0.1) is 0 Å². The number of nitrogens with zero attached hydrogens (tertiary/aromatic N) is 3. The van der Waals surface area contributed by atoms with E-state index >= 15 is 0 Å². The summed E-state index contributed by atoms with van der Waals surface area (Å²) in [7, 11) is 1.70. The molecule has 0 radical (unpaired) electrons. The Balaban J connectivity index is 1.41. The van der Waals surface area contributed by atoms with Gasteiger partial charge in [0.15, 0.2) is 17.5 Å². The lowest BCUT2D eigenvalue weighted by Crippen LogP contribution is -2.46. The van der Waals surface area contributed by atoms with Crippen LogP contribution in [-0.2, 0) is 11.3 Å². The van der Waals surface area contributed by atoms with Gasteiger partial charge >= 0.3 is 0 Å². The maximum Gasteiger partial charge on any atom is 0.194 e. The molecule has 1 aliphatic carbocycles. The van der Waals surface area contributed by atoms with Crippen LogP contribution in [0.4, 0.5) is 0 Å². The Labute approximate surface area is 186 Å². The van der Waals surface area contributed by atoms with Crippen molar-refractivity contribution in [2.24, 2.45) is 4.99 Å². The van der Waals surface area contributed by atoms with Crippen molar-refractivity contribution in [2.75, 3.05) is 53.0 Å². The maximum absolute atomic E-state index is 6.26. The van der Waals surface area contributed by atoms with Crippen LogP contribution < -0.4 is 14.8 Å². The molecular formula is C24H38N4O3. The van der Waals surface area contributed by atoms with Crippen LogP contribution in [0.25, 0.3) is 0 Å². The van der Waals surface area contributed by atoms with E-state index in [4.69, 9.17) is 19.2 Å². The molecule has 1 saturated carbocycles. The minimum atomic E-state index is 0.312. The SMILES string of the molecule is CCNC(=NCc1ccc(OC)c(OC2CCCC2)c1)N1CCC(N2CCOCC2)C1. The summed E-state index contributed by atoms with van der Waals surface area (Å²) in [4.78, 5) is 9.94. The fourth-order valence-corrected chi connectivity index (χ4v) is 4.86. The van der Waals surface area contributed by atoms with Gasteiger partial charge in [0.2, 0.25) is 0 Å². The lowest BCUT2D eigenvalue weighted by atomic mass is 10.2. The van der Waals surface area contributed by atoms with Crippen LogP contribution in [-0.4, -0.2) is 81.0 Å². The third-order valence-electron chi connectivity index (χ3n) is 6.60. The first kappa shape index (κ1) is 22.2. The van der Waals surface area contributed by atoms with Crippen LogP contribution >= 0.6 is 0 Å². The zero-order valence-corrected chi connectivity index (χ0v) is 19.1. The molecule has 0 aromatic heterocycles. The van der Waals surface area contributed by atoms with Gasteiger partial charge in [0.25, 0.3) is 0 Å². The molecule has 4 rings (SSSR count). The van der Waals surface area contributed by atoms with Crippen molar-refractivity contribution in [1.82, 2.24) is 15.1 Å². The van der Waals surface area contributed by atoms with Gasteiger partial charge in [-0.3, -0.25) is 4.90 Å². The number of hydrogen-bond donors (Lipinski definition) is 1. The molecule has 0 bridgehead atoms. The van der Waals surface area contributed by atoms with E-state index in [1.54, 1.807) is 7.11 Å². The van der Waals surface area contributed by atoms with E-state index in [0.717, 1.165) is 81.8 Å². The molecule has 3 aliphatic rings. The van der Waals surface area contributed by atoms with Crippen LogP contribution in [0.3, 0.4) is 0 Å². The summed E-state index contributed by atoms with van der Waals surface area (Å²) >= 11 is 0. The smallest absolute Gasteiger partial charge is 0.194 e. The van der Waals surface area contributed by atoms with Crippen molar-refractivity contribution in [3.63, 3.8) is 0 Å². The fourth-order valence-electron chi connectivity index (χ4n) is 4.86. The van der Waals surface area contributed by atoms with Gasteiger partial charge in [-0.15, -0.1) is 0 Å². The van der Waals surface area contributed by atoms with Crippen LogP contribution in [0.2, 0.25) is 0 Å². The number of likely N-dealkylation sites (tertiary alicyclic amines) is 1. The number of benzene rings is 1. The zero-order chi connectivity index (χ0) is 21.5. The molecule has 2 aliphatic heterocycles. The zero-order valence-electron chi connectivity index (χ0n) is 19.1. The third-order valence-corrected chi connectivity index (χ3v) is 6.60. The van der Waals surface area contributed by atoms with Gasteiger partial charge in [-0.05, 0) is 56.7 Å². The van der Waals surface area contributed by atoms with Gasteiger partial charge < -0.3 is 24.4 Å². The number of rotatable bonds is 7. The first-order valence-corrected chi connectivity index (χ1v) is 12.0. The molecule has 7 heteroatoms. The van der Waals surface area contributed by atoms with Crippen LogP contribution in [0.15, 0.2) is 23.2 Å². The fraction of sp³-hybridized carbons (Fsp3) is 0.708. The highest BCUT2D eigenvalue weighted by molar-refractivity contribution is 5.80. The second-order valence-electron chi connectivity index (χ2n) is 8.72. The third kappa shape index (κ3) is 5.83. The number of hydrogen-bond acceptors (Lipinski definition) is 5.